The summed E-state index contributed by atoms with van der Waals surface area (Å²) in [6.07, 6.45) is 1.53. The Morgan fingerprint density at radius 2 is 1.90 bits per heavy atom. The van der Waals surface area contributed by atoms with Crippen molar-refractivity contribution < 1.29 is 26.4 Å². The molecule has 156 valence electrons. The van der Waals surface area contributed by atoms with Crippen molar-refractivity contribution in [1.82, 2.24) is 5.32 Å². The number of hydrogen-bond donors (Lipinski definition) is 2. The second kappa shape index (κ2) is 8.37. The minimum absolute atomic E-state index is 0.0140. The zero-order valence-electron chi connectivity index (χ0n) is 15.5. The summed E-state index contributed by atoms with van der Waals surface area (Å²) in [7, 11) is -5.41. The van der Waals surface area contributed by atoms with Crippen LogP contribution in [0.3, 0.4) is 0 Å². The monoisotopic (exact) mass is 445 g/mol. The highest BCUT2D eigenvalue weighted by Crippen LogP contribution is 2.35. The van der Waals surface area contributed by atoms with Crippen LogP contribution in [-0.2, 0) is 16.4 Å². The van der Waals surface area contributed by atoms with Crippen LogP contribution in [-0.4, -0.2) is 26.6 Å². The second-order valence-electron chi connectivity index (χ2n) is 6.05. The lowest BCUT2D eigenvalue weighted by Gasteiger charge is -2.09. The van der Waals surface area contributed by atoms with Crippen LogP contribution >= 0.6 is 11.3 Å². The maximum Gasteiger partial charge on any atom is 0.501 e. The lowest BCUT2D eigenvalue weighted by molar-refractivity contribution is -0.0436. The third-order valence-corrected chi connectivity index (χ3v) is 6.62. The number of nitrogens with zero attached hydrogens (tertiary/aromatic N) is 1. The molecule has 0 saturated carbocycles. The number of anilines is 1. The summed E-state index contributed by atoms with van der Waals surface area (Å²) >= 11 is 1.20. The number of thiophene rings is 1. The van der Waals surface area contributed by atoms with Gasteiger partial charge in [0.05, 0.1) is 10.6 Å². The van der Waals surface area contributed by atoms with Gasteiger partial charge in [-0.1, -0.05) is 12.1 Å². The number of nitrogens with two attached hydrogens (primary N) is 1. The van der Waals surface area contributed by atoms with Gasteiger partial charge in [-0.15, -0.1) is 11.3 Å². The Kier molecular flexibility index (Phi) is 6.53. The normalized spacial score (nSPS) is 12.7. The van der Waals surface area contributed by atoms with E-state index in [1.165, 1.54) is 29.7 Å². The molecule has 2 rings (SSSR count). The molecule has 2 aromatic rings. The molecular formula is C18H18F3N3O3S2. The van der Waals surface area contributed by atoms with Crippen LogP contribution < -0.4 is 11.1 Å². The Balaban J connectivity index is 2.15. The summed E-state index contributed by atoms with van der Waals surface area (Å²) in [6.45, 7) is 6.97. The molecule has 0 radical (unpaired) electrons. The van der Waals surface area contributed by atoms with E-state index in [0.717, 1.165) is 22.6 Å². The highest BCUT2D eigenvalue weighted by molar-refractivity contribution is 7.92. The zero-order chi connectivity index (χ0) is 22.0. The van der Waals surface area contributed by atoms with Crippen LogP contribution in [0.1, 0.15) is 32.6 Å². The average Bonchev–Trinajstić information content (AvgIpc) is 2.93. The van der Waals surface area contributed by atoms with E-state index in [1.54, 1.807) is 6.92 Å². The topological polar surface area (TPSA) is 102 Å². The van der Waals surface area contributed by atoms with Crippen LogP contribution in [0, 0.1) is 6.92 Å². The molecule has 0 aliphatic carbocycles. The van der Waals surface area contributed by atoms with Crippen molar-refractivity contribution in [2.75, 3.05) is 5.73 Å². The maximum atomic E-state index is 12.6. The van der Waals surface area contributed by atoms with Gasteiger partial charge in [-0.25, -0.2) is 8.42 Å². The molecule has 0 atom stereocenters. The number of sulfone groups is 1. The van der Waals surface area contributed by atoms with Crippen molar-refractivity contribution in [2.45, 2.75) is 30.8 Å². The van der Waals surface area contributed by atoms with Gasteiger partial charge in [0.2, 0.25) is 0 Å². The molecule has 1 heterocycles. The number of carbonyl (C=O) groups is 1. The number of alkyl halides is 3. The molecule has 1 aromatic carbocycles. The second-order valence-corrected chi connectivity index (χ2v) is 9.21. The first-order chi connectivity index (χ1) is 13.4. The molecule has 3 N–H and O–H groups in total. The van der Waals surface area contributed by atoms with Gasteiger partial charge >= 0.3 is 5.51 Å². The van der Waals surface area contributed by atoms with Crippen molar-refractivity contribution in [2.24, 2.45) is 4.99 Å². The fraction of sp³-hybridized carbons (Fsp3) is 0.222. The molecule has 6 nitrogen and oxygen atoms in total. The van der Waals surface area contributed by atoms with Gasteiger partial charge < -0.3 is 11.1 Å². The Morgan fingerprint density at radius 3 is 2.41 bits per heavy atom. The SMILES string of the molecule is C=NC=C(C)c1c(C)sc(C(=O)NCc2ccc(S(=O)(=O)C(F)(F)F)cc2)c1N. The predicted molar refractivity (Wildman–Crippen MR) is 108 cm³/mol. The van der Waals surface area contributed by atoms with Gasteiger partial charge in [0.15, 0.2) is 0 Å². The number of allylic oxidation sites excluding steroid dienone is 1. The van der Waals surface area contributed by atoms with Gasteiger partial charge in [-0.3, -0.25) is 9.79 Å². The van der Waals surface area contributed by atoms with Crippen LogP contribution in [0.5, 0.6) is 0 Å². The molecule has 0 bridgehead atoms. The first-order valence-corrected chi connectivity index (χ1v) is 10.4. The Hall–Kier alpha value is -2.66. The lowest BCUT2D eigenvalue weighted by Crippen LogP contribution is -2.24. The van der Waals surface area contributed by atoms with Gasteiger partial charge in [0, 0.05) is 23.2 Å². The van der Waals surface area contributed by atoms with E-state index in [4.69, 9.17) is 5.73 Å². The number of nitrogens with one attached hydrogen (secondary N) is 1. The van der Waals surface area contributed by atoms with E-state index in [1.807, 2.05) is 6.92 Å². The van der Waals surface area contributed by atoms with Crippen molar-refractivity contribution >= 4 is 45.1 Å². The largest absolute Gasteiger partial charge is 0.501 e. The molecule has 11 heteroatoms. The number of nitrogen functional groups attached to an aromatic ring is 1. The molecule has 0 saturated heterocycles. The number of aliphatic imine (C=N–C) groups is 1. The number of rotatable bonds is 6. The van der Waals surface area contributed by atoms with Crippen molar-refractivity contribution in [1.29, 1.82) is 0 Å². The predicted octanol–water partition coefficient (Wildman–Crippen LogP) is 3.92. The molecule has 0 unspecified atom stereocenters. The lowest BCUT2D eigenvalue weighted by atomic mass is 10.1. The van der Waals surface area contributed by atoms with Crippen LogP contribution in [0.2, 0.25) is 0 Å². The molecule has 0 aliphatic rings. The molecule has 1 amide bonds. The standard InChI is InChI=1S/C18H18F3N3O3S2/c1-10(8-23-3)14-11(2)28-16(15(14)22)17(25)24-9-12-4-6-13(7-5-12)29(26,27)18(19,20)21/h4-8H,3,9,22H2,1-2H3,(H,24,25). The number of aryl methyl sites for hydroxylation is 1. The third-order valence-electron chi connectivity index (χ3n) is 4.00. The summed E-state index contributed by atoms with van der Waals surface area (Å²) in [5.41, 5.74) is 2.90. The first-order valence-electron chi connectivity index (χ1n) is 8.10. The van der Waals surface area contributed by atoms with E-state index < -0.39 is 26.1 Å². The van der Waals surface area contributed by atoms with Crippen molar-refractivity contribution in [3.63, 3.8) is 0 Å². The van der Waals surface area contributed by atoms with E-state index in [2.05, 4.69) is 17.0 Å². The Morgan fingerprint density at radius 1 is 1.31 bits per heavy atom. The minimum Gasteiger partial charge on any atom is -0.397 e. The average molecular weight is 445 g/mol. The zero-order valence-corrected chi connectivity index (χ0v) is 17.1. The number of carbonyl (C=O) groups excluding carboxylic acids is 1. The van der Waals surface area contributed by atoms with Crippen LogP contribution in [0.15, 0.2) is 40.4 Å². The summed E-state index contributed by atoms with van der Waals surface area (Å²) in [5, 5.41) is 2.62. The number of halogens is 3. The quantitative estimate of drug-likeness (QED) is 0.658. The first kappa shape index (κ1) is 22.6. The molecule has 1 aromatic heterocycles. The molecule has 29 heavy (non-hydrogen) atoms. The van der Waals surface area contributed by atoms with Crippen molar-refractivity contribution in [3.05, 3.63) is 51.3 Å². The highest BCUT2D eigenvalue weighted by atomic mass is 32.2. The smallest absolute Gasteiger partial charge is 0.397 e. The number of amides is 1. The molecule has 0 aliphatic heterocycles. The fourth-order valence-electron chi connectivity index (χ4n) is 2.61. The van der Waals surface area contributed by atoms with Gasteiger partial charge in [-0.2, -0.15) is 13.2 Å². The fourth-order valence-corrected chi connectivity index (χ4v) is 4.42. The van der Waals surface area contributed by atoms with Crippen LogP contribution in [0.25, 0.3) is 5.57 Å². The third kappa shape index (κ3) is 4.67. The van der Waals surface area contributed by atoms with E-state index in [9.17, 15) is 26.4 Å². The Labute approximate surface area is 169 Å². The summed E-state index contributed by atoms with van der Waals surface area (Å²) < 4.78 is 60.4. The number of hydrogen-bond acceptors (Lipinski definition) is 6. The summed E-state index contributed by atoms with van der Waals surface area (Å²) in [5.74, 6) is -0.451. The van der Waals surface area contributed by atoms with Gasteiger partial charge in [-0.05, 0) is 43.8 Å². The van der Waals surface area contributed by atoms with E-state index >= 15 is 0 Å². The van der Waals surface area contributed by atoms with Gasteiger partial charge in [0.1, 0.15) is 4.88 Å². The van der Waals surface area contributed by atoms with E-state index in [-0.39, 0.29) is 6.54 Å². The Bertz CT molecular complexity index is 1070. The molecule has 0 fully saturated rings. The molecule has 0 spiro atoms. The maximum absolute atomic E-state index is 12.6. The minimum atomic E-state index is -5.41. The van der Waals surface area contributed by atoms with Gasteiger partial charge in [0.25, 0.3) is 15.7 Å². The summed E-state index contributed by atoms with van der Waals surface area (Å²) in [6, 6.07) is 4.11. The van der Waals surface area contributed by atoms with E-state index in [0.29, 0.717) is 21.7 Å². The van der Waals surface area contributed by atoms with Crippen molar-refractivity contribution in [3.8, 4) is 0 Å². The number of benzene rings is 1. The molecular weight excluding hydrogens is 427 g/mol. The highest BCUT2D eigenvalue weighted by Gasteiger charge is 2.46. The summed E-state index contributed by atoms with van der Waals surface area (Å²) in [4.78, 5) is 16.4. The van der Waals surface area contributed by atoms with Crippen LogP contribution in [0.4, 0.5) is 18.9 Å².